The van der Waals surface area contributed by atoms with Crippen LogP contribution in [0, 0.1) is 0 Å². The summed E-state index contributed by atoms with van der Waals surface area (Å²) in [6.45, 7) is 1.64. The lowest BCUT2D eigenvalue weighted by Crippen LogP contribution is -2.28. The Morgan fingerprint density at radius 1 is 1.27 bits per heavy atom. The molecule has 1 aromatic carbocycles. The molecule has 1 N–H and O–H groups in total. The first-order valence-corrected chi connectivity index (χ1v) is 9.92. The van der Waals surface area contributed by atoms with Crippen LogP contribution in [0.5, 0.6) is 0 Å². The van der Waals surface area contributed by atoms with Crippen molar-refractivity contribution in [2.45, 2.75) is 17.9 Å². The number of carbonyl (C=O) groups excluding carboxylic acids is 1. The Bertz CT molecular complexity index is 995. The summed E-state index contributed by atoms with van der Waals surface area (Å²) < 4.78 is 37.7. The SMILES string of the molecule is COC(=O)c1sc(-c2ccccc2)cc1S(=O)(=O)N[C@H](C)c1ccon1. The average Bonchev–Trinajstić information content (AvgIpc) is 3.31. The largest absolute Gasteiger partial charge is 0.465 e. The number of hydrogen-bond acceptors (Lipinski definition) is 7. The van der Waals surface area contributed by atoms with E-state index in [0.29, 0.717) is 10.6 Å². The van der Waals surface area contributed by atoms with Crippen LogP contribution in [0.25, 0.3) is 10.4 Å². The second-order valence-corrected chi connectivity index (χ2v) is 8.16. The zero-order valence-corrected chi connectivity index (χ0v) is 15.6. The fourth-order valence-electron chi connectivity index (χ4n) is 2.36. The maximum Gasteiger partial charge on any atom is 0.349 e. The van der Waals surface area contributed by atoms with E-state index in [2.05, 4.69) is 9.88 Å². The van der Waals surface area contributed by atoms with Gasteiger partial charge in [0.2, 0.25) is 10.0 Å². The van der Waals surface area contributed by atoms with Crippen LogP contribution >= 0.6 is 11.3 Å². The van der Waals surface area contributed by atoms with Gasteiger partial charge in [0.1, 0.15) is 21.7 Å². The molecule has 0 fully saturated rings. The van der Waals surface area contributed by atoms with Crippen LogP contribution < -0.4 is 4.72 Å². The summed E-state index contributed by atoms with van der Waals surface area (Å²) in [5, 5.41) is 3.73. The smallest absolute Gasteiger partial charge is 0.349 e. The summed E-state index contributed by atoms with van der Waals surface area (Å²) >= 11 is 1.07. The van der Waals surface area contributed by atoms with Crippen molar-refractivity contribution in [2.24, 2.45) is 0 Å². The van der Waals surface area contributed by atoms with Crippen molar-refractivity contribution in [1.82, 2.24) is 9.88 Å². The molecule has 9 heteroatoms. The van der Waals surface area contributed by atoms with Gasteiger partial charge in [-0.25, -0.2) is 17.9 Å². The zero-order chi connectivity index (χ0) is 18.7. The summed E-state index contributed by atoms with van der Waals surface area (Å²) in [5.41, 5.74) is 1.25. The van der Waals surface area contributed by atoms with Crippen molar-refractivity contribution in [2.75, 3.05) is 7.11 Å². The number of benzene rings is 1. The van der Waals surface area contributed by atoms with Gasteiger partial charge < -0.3 is 9.26 Å². The highest BCUT2D eigenvalue weighted by Crippen LogP contribution is 2.35. The highest BCUT2D eigenvalue weighted by atomic mass is 32.2. The van der Waals surface area contributed by atoms with E-state index in [4.69, 9.17) is 9.26 Å². The molecule has 0 aliphatic carbocycles. The van der Waals surface area contributed by atoms with Crippen LogP contribution in [0.4, 0.5) is 0 Å². The number of carbonyl (C=O) groups is 1. The monoisotopic (exact) mass is 392 g/mol. The minimum absolute atomic E-state index is 0.0196. The molecule has 2 aromatic heterocycles. The topological polar surface area (TPSA) is 98.5 Å². The number of ether oxygens (including phenoxy) is 1. The minimum Gasteiger partial charge on any atom is -0.465 e. The van der Waals surface area contributed by atoms with Gasteiger partial charge in [-0.3, -0.25) is 0 Å². The van der Waals surface area contributed by atoms with E-state index in [-0.39, 0.29) is 9.77 Å². The molecular weight excluding hydrogens is 376 g/mol. The number of sulfonamides is 1. The lowest BCUT2D eigenvalue weighted by Gasteiger charge is -2.11. The van der Waals surface area contributed by atoms with Crippen molar-refractivity contribution >= 4 is 27.3 Å². The van der Waals surface area contributed by atoms with E-state index in [1.807, 2.05) is 30.3 Å². The Morgan fingerprint density at radius 3 is 2.62 bits per heavy atom. The van der Waals surface area contributed by atoms with Crippen LogP contribution in [-0.2, 0) is 14.8 Å². The molecule has 26 heavy (non-hydrogen) atoms. The highest BCUT2D eigenvalue weighted by molar-refractivity contribution is 7.89. The van der Waals surface area contributed by atoms with E-state index < -0.39 is 22.0 Å². The maximum absolute atomic E-state index is 12.9. The van der Waals surface area contributed by atoms with Crippen molar-refractivity contribution in [3.8, 4) is 10.4 Å². The third-order valence-corrected chi connectivity index (χ3v) is 6.51. The molecule has 0 unspecified atom stereocenters. The van der Waals surface area contributed by atoms with Crippen LogP contribution in [0.1, 0.15) is 28.3 Å². The van der Waals surface area contributed by atoms with Gasteiger partial charge in [0.25, 0.3) is 0 Å². The fraction of sp³-hybridized carbons (Fsp3) is 0.176. The molecule has 1 atom stereocenters. The molecule has 0 saturated carbocycles. The lowest BCUT2D eigenvalue weighted by molar-refractivity contribution is 0.0602. The van der Waals surface area contributed by atoms with Gasteiger partial charge in [-0.2, -0.15) is 0 Å². The number of hydrogen-bond donors (Lipinski definition) is 1. The molecule has 3 aromatic rings. The Hall–Kier alpha value is -2.49. The number of aromatic nitrogens is 1. The summed E-state index contributed by atoms with van der Waals surface area (Å²) in [6.07, 6.45) is 1.36. The van der Waals surface area contributed by atoms with Crippen molar-refractivity contribution < 1.29 is 22.5 Å². The van der Waals surface area contributed by atoms with Crippen LogP contribution in [0.3, 0.4) is 0 Å². The normalized spacial score (nSPS) is 12.7. The summed E-state index contributed by atoms with van der Waals surface area (Å²) in [5.74, 6) is -0.702. The molecule has 0 bridgehead atoms. The Balaban J connectivity index is 2.02. The van der Waals surface area contributed by atoms with E-state index in [1.165, 1.54) is 19.4 Å². The Kier molecular flexibility index (Phi) is 5.21. The predicted molar refractivity (Wildman–Crippen MR) is 96.3 cm³/mol. The number of nitrogens with zero attached hydrogens (tertiary/aromatic N) is 1. The number of methoxy groups -OCH3 is 1. The molecule has 0 radical (unpaired) electrons. The molecular formula is C17H16N2O5S2. The second-order valence-electron chi connectivity index (χ2n) is 5.43. The molecule has 0 spiro atoms. The van der Waals surface area contributed by atoms with E-state index in [9.17, 15) is 13.2 Å². The lowest BCUT2D eigenvalue weighted by atomic mass is 10.2. The van der Waals surface area contributed by atoms with Crippen LogP contribution in [0.15, 0.2) is 58.1 Å². The first-order chi connectivity index (χ1) is 12.4. The minimum atomic E-state index is -3.98. The van der Waals surface area contributed by atoms with Crippen molar-refractivity contribution in [3.05, 3.63) is 59.3 Å². The number of thiophene rings is 1. The van der Waals surface area contributed by atoms with Crippen molar-refractivity contribution in [3.63, 3.8) is 0 Å². The number of nitrogens with one attached hydrogen (secondary N) is 1. The highest BCUT2D eigenvalue weighted by Gasteiger charge is 2.29. The molecule has 0 aliphatic heterocycles. The Labute approximate surface area is 154 Å². The van der Waals surface area contributed by atoms with Gasteiger partial charge in [-0.1, -0.05) is 35.5 Å². The molecule has 7 nitrogen and oxygen atoms in total. The van der Waals surface area contributed by atoms with Crippen molar-refractivity contribution in [1.29, 1.82) is 0 Å². The van der Waals surface area contributed by atoms with E-state index in [1.54, 1.807) is 13.0 Å². The van der Waals surface area contributed by atoms with Gasteiger partial charge in [-0.05, 0) is 18.6 Å². The van der Waals surface area contributed by atoms with E-state index in [0.717, 1.165) is 16.9 Å². The third-order valence-electron chi connectivity index (χ3n) is 3.65. The summed E-state index contributed by atoms with van der Waals surface area (Å²) in [7, 11) is -2.77. The van der Waals surface area contributed by atoms with Gasteiger partial charge in [0, 0.05) is 10.9 Å². The maximum atomic E-state index is 12.9. The van der Waals surface area contributed by atoms with Gasteiger partial charge in [0.15, 0.2) is 0 Å². The summed E-state index contributed by atoms with van der Waals surface area (Å²) in [6, 6.07) is 11.6. The molecule has 2 heterocycles. The quantitative estimate of drug-likeness (QED) is 0.647. The van der Waals surface area contributed by atoms with Crippen LogP contribution in [0.2, 0.25) is 0 Å². The first kappa shape index (κ1) is 18.3. The molecule has 0 aliphatic rings. The van der Waals surface area contributed by atoms with Gasteiger partial charge in [-0.15, -0.1) is 11.3 Å². The third kappa shape index (κ3) is 3.69. The number of rotatable bonds is 6. The molecule has 0 amide bonds. The van der Waals surface area contributed by atoms with Crippen LogP contribution in [-0.4, -0.2) is 26.7 Å². The zero-order valence-electron chi connectivity index (χ0n) is 14.0. The summed E-state index contributed by atoms with van der Waals surface area (Å²) in [4.78, 5) is 12.7. The molecule has 0 saturated heterocycles. The molecule has 3 rings (SSSR count). The second kappa shape index (κ2) is 7.40. The van der Waals surface area contributed by atoms with Gasteiger partial charge in [0.05, 0.1) is 13.2 Å². The fourth-order valence-corrected chi connectivity index (χ4v) is 5.17. The van der Waals surface area contributed by atoms with Gasteiger partial charge >= 0.3 is 5.97 Å². The number of esters is 1. The standard InChI is InChI=1S/C17H16N2O5S2/c1-11(13-8-9-24-18-13)19-26(21,22)15-10-14(12-6-4-3-5-7-12)25-16(15)17(20)23-2/h3-11,19H,1-2H3/t11-/m1/s1. The predicted octanol–water partition coefficient (Wildman–Crippen LogP) is 3.23. The first-order valence-electron chi connectivity index (χ1n) is 7.62. The average molecular weight is 392 g/mol. The molecule has 136 valence electrons. The van der Waals surface area contributed by atoms with E-state index >= 15 is 0 Å². The Morgan fingerprint density at radius 2 is 2.00 bits per heavy atom.